The minimum absolute atomic E-state index is 0.154. The molecule has 0 fully saturated rings. The zero-order chi connectivity index (χ0) is 23.6. The summed E-state index contributed by atoms with van der Waals surface area (Å²) < 4.78 is 11.5. The number of aromatic nitrogens is 2. The molecule has 0 aliphatic carbocycles. The van der Waals surface area contributed by atoms with Crippen molar-refractivity contribution in [1.29, 1.82) is 0 Å². The van der Waals surface area contributed by atoms with Crippen LogP contribution in [0.3, 0.4) is 0 Å². The second-order valence-electron chi connectivity index (χ2n) is 8.51. The quantitative estimate of drug-likeness (QED) is 0.370. The van der Waals surface area contributed by atoms with Crippen molar-refractivity contribution in [2.75, 3.05) is 32.6 Å². The number of fused-ring (bicyclic) bond motifs is 1. The molecule has 2 aromatic heterocycles. The monoisotopic (exact) mass is 469 g/mol. The third-order valence-electron chi connectivity index (χ3n) is 5.47. The van der Waals surface area contributed by atoms with E-state index in [4.69, 9.17) is 21.1 Å². The van der Waals surface area contributed by atoms with E-state index in [1.54, 1.807) is 25.6 Å². The number of carbonyl (C=O) groups excluding carboxylic acids is 1. The lowest BCUT2D eigenvalue weighted by molar-refractivity contribution is 0.0897. The van der Waals surface area contributed by atoms with E-state index in [-0.39, 0.29) is 11.4 Å². The van der Waals surface area contributed by atoms with Crippen molar-refractivity contribution in [3.8, 4) is 22.8 Å². The van der Waals surface area contributed by atoms with Gasteiger partial charge in [-0.25, -0.2) is 0 Å². The van der Waals surface area contributed by atoms with Gasteiger partial charge < -0.3 is 30.4 Å². The zero-order valence-electron chi connectivity index (χ0n) is 19.1. The first-order valence-electron chi connectivity index (χ1n) is 10.7. The molecule has 4 rings (SSSR count). The number of methoxy groups -OCH3 is 1. The van der Waals surface area contributed by atoms with Crippen LogP contribution in [0.2, 0.25) is 5.02 Å². The normalized spacial score (nSPS) is 14.4. The van der Waals surface area contributed by atoms with Crippen LogP contribution >= 0.6 is 11.6 Å². The number of ether oxygens (including phenoxy) is 2. The summed E-state index contributed by atoms with van der Waals surface area (Å²) in [5.41, 5.74) is 3.84. The lowest BCUT2D eigenvalue weighted by Crippen LogP contribution is -2.49. The molecule has 0 spiro atoms. The van der Waals surface area contributed by atoms with E-state index in [2.05, 4.69) is 25.9 Å². The highest BCUT2D eigenvalue weighted by Gasteiger charge is 2.36. The van der Waals surface area contributed by atoms with E-state index in [9.17, 15) is 4.79 Å². The highest BCUT2D eigenvalue weighted by molar-refractivity contribution is 6.32. The highest BCUT2D eigenvalue weighted by atomic mass is 35.5. The first-order chi connectivity index (χ1) is 15.8. The average molecular weight is 470 g/mol. The predicted molar refractivity (Wildman–Crippen MR) is 130 cm³/mol. The molecule has 1 aromatic carbocycles. The summed E-state index contributed by atoms with van der Waals surface area (Å²) >= 11 is 6.35. The third-order valence-corrected chi connectivity index (χ3v) is 5.77. The second-order valence-corrected chi connectivity index (χ2v) is 8.92. The number of aromatic amines is 1. The number of pyridine rings is 1. The van der Waals surface area contributed by atoms with E-state index >= 15 is 0 Å². The van der Waals surface area contributed by atoms with Crippen LogP contribution in [0, 0.1) is 0 Å². The lowest BCUT2D eigenvalue weighted by atomic mass is 9.91. The molecule has 4 N–H and O–H groups in total. The number of likely N-dealkylation sites (N-methyl/N-ethyl adjacent to an activating group) is 1. The van der Waals surface area contributed by atoms with E-state index in [0.717, 1.165) is 17.0 Å². The largest absolute Gasteiger partial charge is 0.493 e. The van der Waals surface area contributed by atoms with Gasteiger partial charge in [-0.1, -0.05) is 17.7 Å². The zero-order valence-corrected chi connectivity index (χ0v) is 19.9. The van der Waals surface area contributed by atoms with Gasteiger partial charge in [0.1, 0.15) is 12.4 Å². The van der Waals surface area contributed by atoms with Gasteiger partial charge in [-0.2, -0.15) is 0 Å². The van der Waals surface area contributed by atoms with Crippen LogP contribution in [0.15, 0.2) is 36.7 Å². The van der Waals surface area contributed by atoms with E-state index in [1.807, 2.05) is 39.1 Å². The summed E-state index contributed by atoms with van der Waals surface area (Å²) in [6, 6.07) is 7.31. The Morgan fingerprint density at radius 3 is 2.85 bits per heavy atom. The molecule has 0 saturated heterocycles. The number of anilines is 2. The van der Waals surface area contributed by atoms with Crippen LogP contribution in [-0.4, -0.2) is 48.7 Å². The molecule has 33 heavy (non-hydrogen) atoms. The SMILES string of the molecule is CNCCOc1cnccc1-c1[nH]c2c(c1Nc1cccc(Cl)c1OC)C(=O)NC(C)(C)C2. The Morgan fingerprint density at radius 1 is 1.27 bits per heavy atom. The van der Waals surface area contributed by atoms with Crippen LogP contribution in [-0.2, 0) is 6.42 Å². The van der Waals surface area contributed by atoms with Gasteiger partial charge in [0.05, 0.1) is 41.0 Å². The number of para-hydroxylation sites is 1. The Balaban J connectivity index is 1.87. The van der Waals surface area contributed by atoms with Gasteiger partial charge in [-0.05, 0) is 39.1 Å². The van der Waals surface area contributed by atoms with Gasteiger partial charge >= 0.3 is 0 Å². The van der Waals surface area contributed by atoms with Crippen molar-refractivity contribution >= 4 is 28.9 Å². The fraction of sp³-hybridized carbons (Fsp3) is 0.333. The van der Waals surface area contributed by atoms with Gasteiger partial charge in [0.2, 0.25) is 0 Å². The molecule has 3 heterocycles. The second kappa shape index (κ2) is 9.33. The Hall–Kier alpha value is -3.23. The summed E-state index contributed by atoms with van der Waals surface area (Å²) in [5, 5.41) is 10.0. The van der Waals surface area contributed by atoms with Gasteiger partial charge in [0.15, 0.2) is 5.75 Å². The number of hydrogen-bond acceptors (Lipinski definition) is 6. The summed E-state index contributed by atoms with van der Waals surface area (Å²) in [5.74, 6) is 0.961. The lowest BCUT2D eigenvalue weighted by Gasteiger charge is -2.30. The maximum atomic E-state index is 13.2. The van der Waals surface area contributed by atoms with Crippen molar-refractivity contribution < 1.29 is 14.3 Å². The number of hydrogen-bond donors (Lipinski definition) is 4. The fourth-order valence-corrected chi connectivity index (χ4v) is 4.28. The minimum Gasteiger partial charge on any atom is -0.493 e. The van der Waals surface area contributed by atoms with Gasteiger partial charge in [-0.15, -0.1) is 0 Å². The molecule has 3 aromatic rings. The highest BCUT2D eigenvalue weighted by Crippen LogP contribution is 2.43. The number of rotatable bonds is 8. The average Bonchev–Trinajstić information content (AvgIpc) is 3.11. The topological polar surface area (TPSA) is 100 Å². The van der Waals surface area contributed by atoms with Crippen LogP contribution in [0.4, 0.5) is 11.4 Å². The molecule has 174 valence electrons. The molecular formula is C24H28ClN5O3. The molecule has 0 bridgehead atoms. The van der Waals surface area contributed by atoms with Crippen LogP contribution in [0.5, 0.6) is 11.5 Å². The molecule has 1 aliphatic rings. The molecule has 1 aliphatic heterocycles. The van der Waals surface area contributed by atoms with Crippen molar-refractivity contribution in [2.24, 2.45) is 0 Å². The van der Waals surface area contributed by atoms with Gasteiger partial charge in [0.25, 0.3) is 5.91 Å². The molecule has 9 heteroatoms. The number of halogens is 1. The fourth-order valence-electron chi connectivity index (χ4n) is 4.03. The predicted octanol–water partition coefficient (Wildman–Crippen LogP) is 4.15. The Labute approximate surface area is 198 Å². The smallest absolute Gasteiger partial charge is 0.255 e. The summed E-state index contributed by atoms with van der Waals surface area (Å²) in [6.07, 6.45) is 4.03. The number of carbonyl (C=O) groups is 1. The van der Waals surface area contributed by atoms with Crippen LogP contribution in [0.25, 0.3) is 11.3 Å². The van der Waals surface area contributed by atoms with Gasteiger partial charge in [-0.3, -0.25) is 9.78 Å². The molecule has 0 saturated carbocycles. The van der Waals surface area contributed by atoms with E-state index < -0.39 is 0 Å². The van der Waals surface area contributed by atoms with Crippen LogP contribution in [0.1, 0.15) is 29.9 Å². The number of amides is 1. The summed E-state index contributed by atoms with van der Waals surface area (Å²) in [7, 11) is 3.43. The molecule has 0 atom stereocenters. The number of nitrogens with zero attached hydrogens (tertiary/aromatic N) is 1. The maximum absolute atomic E-state index is 13.2. The number of H-pyrrole nitrogens is 1. The van der Waals surface area contributed by atoms with E-state index in [1.165, 1.54) is 0 Å². The molecule has 8 nitrogen and oxygen atoms in total. The van der Waals surface area contributed by atoms with Crippen molar-refractivity contribution in [3.05, 3.63) is 52.9 Å². The molecule has 0 radical (unpaired) electrons. The first-order valence-corrected chi connectivity index (χ1v) is 11.1. The maximum Gasteiger partial charge on any atom is 0.255 e. The molecular weight excluding hydrogens is 442 g/mol. The third kappa shape index (κ3) is 4.62. The summed E-state index contributed by atoms with van der Waals surface area (Å²) in [6.45, 7) is 5.17. The number of benzene rings is 1. The number of nitrogens with one attached hydrogen (secondary N) is 4. The van der Waals surface area contributed by atoms with Gasteiger partial charge in [0, 0.05) is 36.0 Å². The molecule has 1 amide bonds. The van der Waals surface area contributed by atoms with Crippen molar-refractivity contribution in [2.45, 2.75) is 25.8 Å². The minimum atomic E-state index is -0.373. The Bertz CT molecular complexity index is 1170. The van der Waals surface area contributed by atoms with Crippen LogP contribution < -0.4 is 25.4 Å². The van der Waals surface area contributed by atoms with Crippen molar-refractivity contribution in [1.82, 2.24) is 20.6 Å². The Kier molecular flexibility index (Phi) is 6.49. The molecule has 0 unspecified atom stereocenters. The van der Waals surface area contributed by atoms with E-state index in [0.29, 0.717) is 53.0 Å². The first kappa shape index (κ1) is 22.9. The Morgan fingerprint density at radius 2 is 2.09 bits per heavy atom. The summed E-state index contributed by atoms with van der Waals surface area (Å²) in [4.78, 5) is 20.9. The van der Waals surface area contributed by atoms with Crippen molar-refractivity contribution in [3.63, 3.8) is 0 Å². The standard InChI is InChI=1S/C24H28ClN5O3/c1-24(2)12-17-19(23(31)30-24)21(28-16-7-5-6-15(25)22(16)32-4)20(29-17)14-8-9-27-13-18(14)33-11-10-26-3/h5-9,13,26,28-29H,10-12H2,1-4H3,(H,30,31).